The fourth-order valence-electron chi connectivity index (χ4n) is 5.26. The van der Waals surface area contributed by atoms with Crippen LogP contribution in [-0.4, -0.2) is 33.8 Å². The Hall–Kier alpha value is -3.74. The summed E-state index contributed by atoms with van der Waals surface area (Å²) in [6.45, 7) is 0.292. The number of hydrogen-bond donors (Lipinski definition) is 1. The summed E-state index contributed by atoms with van der Waals surface area (Å²) >= 11 is 0. The zero-order valence-corrected chi connectivity index (χ0v) is 19.4. The number of carbonyl (C=O) groups is 2. The molecule has 0 spiro atoms. The van der Waals surface area contributed by atoms with Crippen molar-refractivity contribution < 1.29 is 18.7 Å². The first kappa shape index (κ1) is 23.0. The fourth-order valence-corrected chi connectivity index (χ4v) is 5.26. The van der Waals surface area contributed by atoms with E-state index < -0.39 is 6.04 Å². The van der Waals surface area contributed by atoms with E-state index in [2.05, 4.69) is 10.3 Å². The van der Waals surface area contributed by atoms with Gasteiger partial charge < -0.3 is 15.0 Å². The van der Waals surface area contributed by atoms with E-state index in [0.29, 0.717) is 36.1 Å². The molecule has 1 aromatic heterocycles. The van der Waals surface area contributed by atoms with Crippen LogP contribution in [-0.2, 0) is 11.3 Å². The van der Waals surface area contributed by atoms with Gasteiger partial charge in [0.15, 0.2) is 0 Å². The molecule has 1 saturated carbocycles. The summed E-state index contributed by atoms with van der Waals surface area (Å²) < 4.78 is 18.8. The van der Waals surface area contributed by atoms with Crippen molar-refractivity contribution in [2.24, 2.45) is 5.92 Å². The summed E-state index contributed by atoms with van der Waals surface area (Å²) in [5.41, 5.74) is 1.44. The SMILES string of the molecule is O=C(NCc1ccnc(Oc2ccc(F)cc2)c1)C1CC2CCCCC2N1C(=O)c1ccccc1. The molecule has 2 aliphatic rings. The van der Waals surface area contributed by atoms with Gasteiger partial charge >= 0.3 is 0 Å². The quantitative estimate of drug-likeness (QED) is 0.541. The van der Waals surface area contributed by atoms with Crippen LogP contribution in [0.15, 0.2) is 72.9 Å². The first-order valence-electron chi connectivity index (χ1n) is 12.1. The number of pyridine rings is 1. The van der Waals surface area contributed by atoms with Crippen molar-refractivity contribution in [2.45, 2.75) is 50.7 Å². The average Bonchev–Trinajstić information content (AvgIpc) is 3.29. The Morgan fingerprint density at radius 1 is 1.03 bits per heavy atom. The standard InChI is InChI=1S/C28H28FN3O3/c29-22-10-12-23(13-11-22)35-26-16-19(14-15-30-26)18-31-27(33)25-17-21-8-4-5-9-24(21)32(25)28(34)20-6-2-1-3-7-20/h1-3,6-7,10-16,21,24-25H,4-5,8-9,17-18H2,(H,31,33). The lowest BCUT2D eigenvalue weighted by Gasteiger charge is -2.33. The van der Waals surface area contributed by atoms with Gasteiger partial charge in [-0.3, -0.25) is 9.59 Å². The molecule has 1 saturated heterocycles. The summed E-state index contributed by atoms with van der Waals surface area (Å²) in [6.07, 6.45) is 6.54. The minimum absolute atomic E-state index is 0.0703. The van der Waals surface area contributed by atoms with Crippen molar-refractivity contribution in [3.8, 4) is 11.6 Å². The second-order valence-electron chi connectivity index (χ2n) is 9.22. The Morgan fingerprint density at radius 2 is 1.80 bits per heavy atom. The number of carbonyl (C=O) groups excluding carboxylic acids is 2. The van der Waals surface area contributed by atoms with E-state index in [-0.39, 0.29) is 23.7 Å². The van der Waals surface area contributed by atoms with Crippen LogP contribution in [0.4, 0.5) is 4.39 Å². The van der Waals surface area contributed by atoms with E-state index in [1.165, 1.54) is 24.3 Å². The van der Waals surface area contributed by atoms with Crippen LogP contribution in [0, 0.1) is 11.7 Å². The molecule has 1 N–H and O–H groups in total. The largest absolute Gasteiger partial charge is 0.439 e. The molecule has 0 bridgehead atoms. The molecular weight excluding hydrogens is 445 g/mol. The van der Waals surface area contributed by atoms with Crippen LogP contribution >= 0.6 is 0 Å². The van der Waals surface area contributed by atoms with Gasteiger partial charge in [0.2, 0.25) is 11.8 Å². The van der Waals surface area contributed by atoms with E-state index in [1.807, 2.05) is 35.2 Å². The maximum atomic E-state index is 13.4. The molecule has 3 atom stereocenters. The summed E-state index contributed by atoms with van der Waals surface area (Å²) in [5, 5.41) is 3.02. The van der Waals surface area contributed by atoms with Gasteiger partial charge in [0.1, 0.15) is 17.6 Å². The number of likely N-dealkylation sites (tertiary alicyclic amines) is 1. The molecule has 1 aliphatic carbocycles. The van der Waals surface area contributed by atoms with Crippen LogP contribution in [0.25, 0.3) is 0 Å². The predicted octanol–water partition coefficient (Wildman–Crippen LogP) is 5.10. The van der Waals surface area contributed by atoms with Crippen molar-refractivity contribution in [3.63, 3.8) is 0 Å². The van der Waals surface area contributed by atoms with Gasteiger partial charge in [0, 0.05) is 30.4 Å². The number of nitrogens with zero attached hydrogens (tertiary/aromatic N) is 2. The number of nitrogens with one attached hydrogen (secondary N) is 1. The summed E-state index contributed by atoms with van der Waals surface area (Å²) in [7, 11) is 0. The molecular formula is C28H28FN3O3. The van der Waals surface area contributed by atoms with Gasteiger partial charge in [-0.25, -0.2) is 9.37 Å². The maximum Gasteiger partial charge on any atom is 0.254 e. The Morgan fingerprint density at radius 3 is 2.60 bits per heavy atom. The van der Waals surface area contributed by atoms with Gasteiger partial charge in [0.05, 0.1) is 0 Å². The highest BCUT2D eigenvalue weighted by atomic mass is 19.1. The van der Waals surface area contributed by atoms with Crippen LogP contribution in [0.2, 0.25) is 0 Å². The minimum Gasteiger partial charge on any atom is -0.439 e. The maximum absolute atomic E-state index is 13.4. The summed E-state index contributed by atoms with van der Waals surface area (Å²) in [6, 6.07) is 18.1. The molecule has 180 valence electrons. The molecule has 35 heavy (non-hydrogen) atoms. The first-order chi connectivity index (χ1) is 17.1. The normalized spacial score (nSPS) is 21.3. The van der Waals surface area contributed by atoms with Crippen LogP contribution < -0.4 is 10.1 Å². The third kappa shape index (κ3) is 5.19. The lowest BCUT2D eigenvalue weighted by Crippen LogP contribution is -2.49. The fraction of sp³-hybridized carbons (Fsp3) is 0.321. The van der Waals surface area contributed by atoms with Crippen molar-refractivity contribution >= 4 is 11.8 Å². The highest BCUT2D eigenvalue weighted by Gasteiger charge is 2.47. The van der Waals surface area contributed by atoms with Crippen LogP contribution in [0.5, 0.6) is 11.6 Å². The summed E-state index contributed by atoms with van der Waals surface area (Å²) in [5.74, 6) is 0.650. The van der Waals surface area contributed by atoms with Gasteiger partial charge in [-0.1, -0.05) is 31.0 Å². The Bertz CT molecular complexity index is 1190. The predicted molar refractivity (Wildman–Crippen MR) is 129 cm³/mol. The van der Waals surface area contributed by atoms with Crippen LogP contribution in [0.1, 0.15) is 48.0 Å². The Balaban J connectivity index is 1.27. The number of hydrogen-bond acceptors (Lipinski definition) is 4. The molecule has 3 aromatic rings. The number of ether oxygens (including phenoxy) is 1. The molecule has 6 nitrogen and oxygen atoms in total. The van der Waals surface area contributed by atoms with Gasteiger partial charge in [-0.15, -0.1) is 0 Å². The van der Waals surface area contributed by atoms with Crippen molar-refractivity contribution in [1.29, 1.82) is 0 Å². The Labute approximate surface area is 204 Å². The molecule has 2 amide bonds. The molecule has 2 aromatic carbocycles. The third-order valence-electron chi connectivity index (χ3n) is 6.95. The second-order valence-corrected chi connectivity index (χ2v) is 9.22. The monoisotopic (exact) mass is 473 g/mol. The molecule has 0 radical (unpaired) electrons. The number of amides is 2. The number of rotatable bonds is 6. The second kappa shape index (κ2) is 10.3. The molecule has 2 fully saturated rings. The van der Waals surface area contributed by atoms with E-state index in [9.17, 15) is 14.0 Å². The van der Waals surface area contributed by atoms with E-state index >= 15 is 0 Å². The molecule has 3 unspecified atom stereocenters. The van der Waals surface area contributed by atoms with Gasteiger partial charge in [-0.05, 0) is 73.2 Å². The average molecular weight is 474 g/mol. The number of fused-ring (bicyclic) bond motifs is 1. The topological polar surface area (TPSA) is 71.5 Å². The van der Waals surface area contributed by atoms with E-state index in [1.54, 1.807) is 18.3 Å². The van der Waals surface area contributed by atoms with Crippen molar-refractivity contribution in [1.82, 2.24) is 15.2 Å². The number of halogens is 1. The van der Waals surface area contributed by atoms with Gasteiger partial charge in [-0.2, -0.15) is 0 Å². The zero-order valence-electron chi connectivity index (χ0n) is 19.4. The summed E-state index contributed by atoms with van der Waals surface area (Å²) in [4.78, 5) is 32.8. The van der Waals surface area contributed by atoms with Crippen molar-refractivity contribution in [2.75, 3.05) is 0 Å². The first-order valence-corrected chi connectivity index (χ1v) is 12.1. The lowest BCUT2D eigenvalue weighted by atomic mass is 9.84. The van der Waals surface area contributed by atoms with Gasteiger partial charge in [0.25, 0.3) is 5.91 Å². The molecule has 7 heteroatoms. The van der Waals surface area contributed by atoms with Crippen molar-refractivity contribution in [3.05, 3.63) is 89.9 Å². The molecule has 2 heterocycles. The third-order valence-corrected chi connectivity index (χ3v) is 6.95. The molecule has 5 rings (SSSR count). The number of aromatic nitrogens is 1. The number of benzene rings is 2. The Kier molecular flexibility index (Phi) is 6.75. The highest BCUT2D eigenvalue weighted by Crippen LogP contribution is 2.40. The van der Waals surface area contributed by atoms with E-state index in [0.717, 1.165) is 31.2 Å². The van der Waals surface area contributed by atoms with E-state index in [4.69, 9.17) is 4.74 Å². The lowest BCUT2D eigenvalue weighted by molar-refractivity contribution is -0.125. The van der Waals surface area contributed by atoms with Crippen LogP contribution in [0.3, 0.4) is 0 Å². The highest BCUT2D eigenvalue weighted by molar-refractivity contribution is 5.98. The molecule has 1 aliphatic heterocycles. The minimum atomic E-state index is -0.479. The zero-order chi connectivity index (χ0) is 24.2. The smallest absolute Gasteiger partial charge is 0.254 e.